The summed E-state index contributed by atoms with van der Waals surface area (Å²) in [4.78, 5) is 28.0. The van der Waals surface area contributed by atoms with Crippen LogP contribution in [0.25, 0.3) is 0 Å². The third-order valence-electron chi connectivity index (χ3n) is 8.46. The van der Waals surface area contributed by atoms with Gasteiger partial charge in [0.25, 0.3) is 0 Å². The quantitative estimate of drug-likeness (QED) is 0.382. The summed E-state index contributed by atoms with van der Waals surface area (Å²) in [6, 6.07) is 0.418. The minimum Gasteiger partial charge on any atom is -0.549 e. The Morgan fingerprint density at radius 1 is 1.23 bits per heavy atom. The lowest BCUT2D eigenvalue weighted by Crippen LogP contribution is -2.66. The summed E-state index contributed by atoms with van der Waals surface area (Å²) >= 11 is 1.82. The Bertz CT molecular complexity index is 748. The summed E-state index contributed by atoms with van der Waals surface area (Å²) in [5.74, 6) is 1.39. The molecule has 4 heterocycles. The van der Waals surface area contributed by atoms with Crippen LogP contribution >= 0.6 is 11.8 Å². The second kappa shape index (κ2) is 11.7. The van der Waals surface area contributed by atoms with Crippen molar-refractivity contribution in [2.24, 2.45) is 11.8 Å². The molecule has 0 bridgehead atoms. The molecule has 0 aromatic heterocycles. The molecule has 6 atom stereocenters. The number of ether oxygens (including phenoxy) is 2. The van der Waals surface area contributed by atoms with E-state index in [0.717, 1.165) is 70.7 Å². The van der Waals surface area contributed by atoms with Crippen LogP contribution in [0.4, 0.5) is 0 Å². The fraction of sp³-hybridized carbons (Fsp3) is 0.917. The first kappa shape index (κ1) is 25.8. The first-order valence-electron chi connectivity index (χ1n) is 13.2. The second-order valence-corrected chi connectivity index (χ2v) is 11.9. The number of aliphatic carboxylic acids is 1. The number of Topliss-reactive ketones (excluding diaryl/α,β-unsaturated/α-hetero) is 1. The number of likely N-dealkylation sites (N-methyl/N-ethyl adjacent to an activating group) is 1. The van der Waals surface area contributed by atoms with Gasteiger partial charge in [0.15, 0.2) is 5.78 Å². The van der Waals surface area contributed by atoms with E-state index in [-0.39, 0.29) is 36.6 Å². The van der Waals surface area contributed by atoms with E-state index in [1.54, 1.807) is 4.90 Å². The van der Waals surface area contributed by atoms with E-state index >= 15 is 0 Å². The molecule has 0 aromatic rings. The molecule has 5 aliphatic rings. The number of carboxylic acid groups (broad SMARTS) is 1. The number of carboxylic acids is 1. The maximum atomic E-state index is 12.9. The largest absolute Gasteiger partial charge is 0.549 e. The Hall–Kier alpha value is -0.790. The van der Waals surface area contributed by atoms with Crippen molar-refractivity contribution in [3.05, 3.63) is 0 Å². The van der Waals surface area contributed by atoms with E-state index in [2.05, 4.69) is 20.9 Å². The maximum absolute atomic E-state index is 12.9. The molecule has 0 spiro atoms. The third-order valence-corrected chi connectivity index (χ3v) is 9.93. The van der Waals surface area contributed by atoms with Gasteiger partial charge in [0.1, 0.15) is 12.5 Å². The molecule has 5 fully saturated rings. The van der Waals surface area contributed by atoms with Crippen LogP contribution in [0.2, 0.25) is 0 Å². The van der Waals surface area contributed by atoms with E-state index in [1.165, 1.54) is 0 Å². The molecule has 0 aromatic carbocycles. The molecule has 10 nitrogen and oxygen atoms in total. The highest BCUT2D eigenvalue weighted by molar-refractivity contribution is 8.01. The molecule has 4 saturated heterocycles. The van der Waals surface area contributed by atoms with Gasteiger partial charge in [-0.3, -0.25) is 30.5 Å². The molecule has 198 valence electrons. The number of morpholine rings is 1. The Labute approximate surface area is 212 Å². The molecule has 35 heavy (non-hydrogen) atoms. The van der Waals surface area contributed by atoms with Gasteiger partial charge < -0.3 is 19.4 Å². The number of carbonyl (C=O) groups is 2. The van der Waals surface area contributed by atoms with E-state index in [1.807, 2.05) is 18.8 Å². The van der Waals surface area contributed by atoms with Gasteiger partial charge in [-0.1, -0.05) is 0 Å². The van der Waals surface area contributed by atoms with Gasteiger partial charge in [-0.25, -0.2) is 0 Å². The number of nitrogens with zero attached hydrogens (tertiary/aromatic N) is 2. The van der Waals surface area contributed by atoms with Crippen LogP contribution in [0, 0.1) is 11.8 Å². The number of thioether (sulfide) groups is 1. The Balaban J connectivity index is 1.11. The number of ketones is 1. The summed E-state index contributed by atoms with van der Waals surface area (Å²) in [7, 11) is 1.82. The molecule has 1 aliphatic carbocycles. The summed E-state index contributed by atoms with van der Waals surface area (Å²) in [5, 5.41) is 21.6. The summed E-state index contributed by atoms with van der Waals surface area (Å²) in [5.41, 5.74) is 0. The SMILES string of the molecule is CN(CC(=O)[O-])C1CCNC(NC2CCC(C3CSC4C(=O)CC(N5CCOCC5)OC43)CC2)N1. The zero-order chi connectivity index (χ0) is 24.4. The van der Waals surface area contributed by atoms with Crippen LogP contribution in [0.15, 0.2) is 0 Å². The predicted octanol–water partition coefficient (Wildman–Crippen LogP) is -1.24. The minimum absolute atomic E-state index is 0.0100. The number of nitrogens with one attached hydrogen (secondary N) is 3. The van der Waals surface area contributed by atoms with Gasteiger partial charge in [0.2, 0.25) is 0 Å². The monoisotopic (exact) mass is 510 g/mol. The maximum Gasteiger partial charge on any atom is 0.152 e. The highest BCUT2D eigenvalue weighted by Gasteiger charge is 2.50. The number of rotatable bonds is 7. The number of fused-ring (bicyclic) bond motifs is 1. The molecule has 6 unspecified atom stereocenters. The van der Waals surface area contributed by atoms with Crippen molar-refractivity contribution in [2.75, 3.05) is 52.2 Å². The predicted molar refractivity (Wildman–Crippen MR) is 130 cm³/mol. The average molecular weight is 511 g/mol. The van der Waals surface area contributed by atoms with Crippen LogP contribution in [0.1, 0.15) is 38.5 Å². The molecule has 1 saturated carbocycles. The van der Waals surface area contributed by atoms with Crippen molar-refractivity contribution in [1.82, 2.24) is 25.8 Å². The second-order valence-electron chi connectivity index (χ2n) is 10.7. The summed E-state index contributed by atoms with van der Waals surface area (Å²) in [6.45, 7) is 3.88. The standard InChI is InChI=1S/C24H41N5O5S/c1-28(13-21(31)32)19-6-7-25-24(27-19)26-16-4-2-15(3-5-16)17-14-35-23-18(30)12-20(34-22(17)23)29-8-10-33-11-9-29/h15-17,19-20,22-27H,2-14H2,1H3,(H,31,32)/p-1. The molecule has 0 amide bonds. The molecule has 5 rings (SSSR count). The van der Waals surface area contributed by atoms with E-state index < -0.39 is 5.97 Å². The lowest BCUT2D eigenvalue weighted by Gasteiger charge is -2.43. The van der Waals surface area contributed by atoms with Crippen molar-refractivity contribution in [3.63, 3.8) is 0 Å². The van der Waals surface area contributed by atoms with E-state index in [9.17, 15) is 14.7 Å². The summed E-state index contributed by atoms with van der Waals surface area (Å²) < 4.78 is 12.1. The molecule has 4 aliphatic heterocycles. The average Bonchev–Trinajstić information content (AvgIpc) is 3.29. The summed E-state index contributed by atoms with van der Waals surface area (Å²) in [6.07, 6.45) is 5.80. The van der Waals surface area contributed by atoms with Crippen molar-refractivity contribution in [2.45, 2.75) is 74.6 Å². The van der Waals surface area contributed by atoms with Crippen LogP contribution < -0.4 is 21.1 Å². The van der Waals surface area contributed by atoms with Gasteiger partial charge in [0, 0.05) is 38.6 Å². The molecular weight excluding hydrogens is 470 g/mol. The van der Waals surface area contributed by atoms with Crippen molar-refractivity contribution < 1.29 is 24.2 Å². The number of hydrogen-bond donors (Lipinski definition) is 3. The van der Waals surface area contributed by atoms with Crippen LogP contribution in [-0.4, -0.2) is 110 Å². The number of hydrogen-bond acceptors (Lipinski definition) is 11. The Morgan fingerprint density at radius 2 is 2.00 bits per heavy atom. The zero-order valence-corrected chi connectivity index (χ0v) is 21.5. The fourth-order valence-corrected chi connectivity index (χ4v) is 8.13. The van der Waals surface area contributed by atoms with Gasteiger partial charge in [-0.2, -0.15) is 0 Å². The normalized spacial score (nSPS) is 41.1. The van der Waals surface area contributed by atoms with Crippen molar-refractivity contribution in [3.8, 4) is 0 Å². The molecular formula is C24H40N5O5S-. The van der Waals surface area contributed by atoms with Crippen LogP contribution in [0.3, 0.4) is 0 Å². The van der Waals surface area contributed by atoms with Gasteiger partial charge in [-0.05, 0) is 56.7 Å². The van der Waals surface area contributed by atoms with E-state index in [0.29, 0.717) is 30.1 Å². The highest BCUT2D eigenvalue weighted by Crippen LogP contribution is 2.46. The van der Waals surface area contributed by atoms with Crippen LogP contribution in [-0.2, 0) is 19.1 Å². The molecule has 3 N–H and O–H groups in total. The third kappa shape index (κ3) is 6.20. The topological polar surface area (TPSA) is 118 Å². The van der Waals surface area contributed by atoms with Gasteiger partial charge in [0.05, 0.1) is 36.7 Å². The first-order valence-corrected chi connectivity index (χ1v) is 14.3. The first-order chi connectivity index (χ1) is 17.0. The lowest BCUT2D eigenvalue weighted by molar-refractivity contribution is -0.306. The van der Waals surface area contributed by atoms with E-state index in [4.69, 9.17) is 9.47 Å². The van der Waals surface area contributed by atoms with Crippen LogP contribution in [0.5, 0.6) is 0 Å². The smallest absolute Gasteiger partial charge is 0.152 e. The Kier molecular flexibility index (Phi) is 8.66. The molecule has 11 heteroatoms. The highest BCUT2D eigenvalue weighted by atomic mass is 32.2. The fourth-order valence-electron chi connectivity index (χ4n) is 6.50. The van der Waals surface area contributed by atoms with Gasteiger partial charge in [-0.15, -0.1) is 11.8 Å². The van der Waals surface area contributed by atoms with Gasteiger partial charge >= 0.3 is 0 Å². The number of carbonyl (C=O) groups excluding carboxylic acids is 2. The zero-order valence-electron chi connectivity index (χ0n) is 20.7. The Morgan fingerprint density at radius 3 is 2.74 bits per heavy atom. The lowest BCUT2D eigenvalue weighted by atomic mass is 9.75. The van der Waals surface area contributed by atoms with Crippen molar-refractivity contribution >= 4 is 23.5 Å². The van der Waals surface area contributed by atoms with Crippen molar-refractivity contribution in [1.29, 1.82) is 0 Å². The minimum atomic E-state index is -1.05. The molecule has 0 radical (unpaired) electrons.